The van der Waals surface area contributed by atoms with E-state index in [-0.39, 0.29) is 0 Å². The number of hydrogen-bond acceptors (Lipinski definition) is 5. The second kappa shape index (κ2) is 4.14. The second-order valence-corrected chi connectivity index (χ2v) is 5.43. The molecule has 102 valence electrons. The molecular weight excluding hydrogens is 254 g/mol. The largest absolute Gasteiger partial charge is 0.334 e. The summed E-state index contributed by atoms with van der Waals surface area (Å²) >= 11 is 0. The minimum Gasteiger partial charge on any atom is -0.334 e. The van der Waals surface area contributed by atoms with Gasteiger partial charge in [-0.15, -0.1) is 0 Å². The number of para-hydroxylation sites is 1. The van der Waals surface area contributed by atoms with Crippen molar-refractivity contribution in [2.24, 2.45) is 5.73 Å². The summed E-state index contributed by atoms with van der Waals surface area (Å²) in [7, 11) is 0. The predicted molar refractivity (Wildman–Crippen MR) is 73.7 cm³/mol. The van der Waals surface area contributed by atoms with Gasteiger partial charge in [0.15, 0.2) is 5.82 Å². The van der Waals surface area contributed by atoms with Gasteiger partial charge >= 0.3 is 0 Å². The number of hydrogen-bond donors (Lipinski definition) is 2. The molecule has 0 saturated heterocycles. The van der Waals surface area contributed by atoms with Crippen molar-refractivity contribution in [1.29, 1.82) is 0 Å². The van der Waals surface area contributed by atoms with Crippen LogP contribution in [0.25, 0.3) is 22.4 Å². The summed E-state index contributed by atoms with van der Waals surface area (Å²) in [5.74, 6) is 1.10. The molecule has 0 bridgehead atoms. The van der Waals surface area contributed by atoms with Gasteiger partial charge in [0.05, 0.1) is 22.8 Å². The molecule has 0 radical (unpaired) electrons. The molecule has 1 aliphatic rings. The van der Waals surface area contributed by atoms with Gasteiger partial charge in [-0.25, -0.2) is 0 Å². The molecule has 0 amide bonds. The van der Waals surface area contributed by atoms with Gasteiger partial charge in [-0.3, -0.25) is 5.10 Å². The van der Waals surface area contributed by atoms with Crippen LogP contribution in [-0.4, -0.2) is 20.3 Å². The summed E-state index contributed by atoms with van der Waals surface area (Å²) in [6.07, 6.45) is 5.85. The van der Waals surface area contributed by atoms with Gasteiger partial charge in [-0.05, 0) is 18.9 Å². The Bertz CT molecular complexity index is 754. The Labute approximate surface area is 115 Å². The highest BCUT2D eigenvalue weighted by atomic mass is 16.5. The quantitative estimate of drug-likeness (QED) is 0.744. The molecule has 0 aliphatic heterocycles. The van der Waals surface area contributed by atoms with Crippen molar-refractivity contribution >= 4 is 10.9 Å². The first-order valence-electron chi connectivity index (χ1n) is 6.82. The van der Waals surface area contributed by atoms with Gasteiger partial charge in [0.25, 0.3) is 5.89 Å². The predicted octanol–water partition coefficient (Wildman–Crippen LogP) is 2.34. The van der Waals surface area contributed by atoms with Crippen LogP contribution in [0, 0.1) is 0 Å². The lowest BCUT2D eigenvalue weighted by atomic mass is 9.98. The number of aromatic amines is 1. The maximum absolute atomic E-state index is 6.36. The van der Waals surface area contributed by atoms with Gasteiger partial charge in [0, 0.05) is 5.39 Å². The zero-order valence-corrected chi connectivity index (χ0v) is 11.0. The van der Waals surface area contributed by atoms with Crippen LogP contribution < -0.4 is 5.73 Å². The lowest BCUT2D eigenvalue weighted by Gasteiger charge is -2.17. The molecule has 2 heterocycles. The third-order valence-electron chi connectivity index (χ3n) is 4.07. The smallest absolute Gasteiger partial charge is 0.260 e. The molecule has 3 aromatic rings. The summed E-state index contributed by atoms with van der Waals surface area (Å²) in [5.41, 5.74) is 7.70. The number of nitrogens with zero attached hydrogens (tertiary/aromatic N) is 3. The van der Waals surface area contributed by atoms with Crippen LogP contribution in [-0.2, 0) is 5.54 Å². The van der Waals surface area contributed by atoms with Crippen molar-refractivity contribution in [1.82, 2.24) is 20.3 Å². The summed E-state index contributed by atoms with van der Waals surface area (Å²) in [6, 6.07) is 5.88. The fourth-order valence-corrected chi connectivity index (χ4v) is 2.91. The van der Waals surface area contributed by atoms with Crippen molar-refractivity contribution in [3.05, 3.63) is 30.2 Å². The van der Waals surface area contributed by atoms with Crippen molar-refractivity contribution in [2.75, 3.05) is 0 Å². The highest BCUT2D eigenvalue weighted by Gasteiger charge is 2.36. The van der Waals surface area contributed by atoms with E-state index >= 15 is 0 Å². The molecule has 6 heteroatoms. The van der Waals surface area contributed by atoms with Gasteiger partial charge < -0.3 is 10.3 Å². The Morgan fingerprint density at radius 2 is 2.10 bits per heavy atom. The highest BCUT2D eigenvalue weighted by Crippen LogP contribution is 2.36. The summed E-state index contributed by atoms with van der Waals surface area (Å²) in [6.45, 7) is 0. The van der Waals surface area contributed by atoms with E-state index in [1.54, 1.807) is 6.20 Å². The van der Waals surface area contributed by atoms with Gasteiger partial charge in [0.1, 0.15) is 0 Å². The van der Waals surface area contributed by atoms with E-state index < -0.39 is 5.54 Å². The molecule has 1 fully saturated rings. The molecule has 0 atom stereocenters. The molecule has 0 spiro atoms. The number of fused-ring (bicyclic) bond motifs is 1. The van der Waals surface area contributed by atoms with Crippen LogP contribution in [0.1, 0.15) is 31.5 Å². The fourth-order valence-electron chi connectivity index (χ4n) is 2.91. The first-order chi connectivity index (χ1) is 9.76. The lowest BCUT2D eigenvalue weighted by Crippen LogP contribution is -2.34. The van der Waals surface area contributed by atoms with Crippen molar-refractivity contribution in [2.45, 2.75) is 31.2 Å². The molecule has 1 saturated carbocycles. The molecule has 0 unspecified atom stereocenters. The lowest BCUT2D eigenvalue weighted by molar-refractivity contribution is 0.373. The Hall–Kier alpha value is -2.21. The van der Waals surface area contributed by atoms with Gasteiger partial charge in [-0.2, -0.15) is 10.1 Å². The Kier molecular flexibility index (Phi) is 2.40. The zero-order valence-electron chi connectivity index (χ0n) is 11.0. The van der Waals surface area contributed by atoms with Crippen molar-refractivity contribution < 1.29 is 4.52 Å². The topological polar surface area (TPSA) is 93.6 Å². The first kappa shape index (κ1) is 11.6. The van der Waals surface area contributed by atoms with Crippen LogP contribution in [0.2, 0.25) is 0 Å². The Balaban J connectivity index is 1.80. The molecular formula is C14H15N5O. The van der Waals surface area contributed by atoms with E-state index in [4.69, 9.17) is 10.3 Å². The molecule has 3 N–H and O–H groups in total. The van der Waals surface area contributed by atoms with E-state index in [0.29, 0.717) is 11.7 Å². The molecule has 6 nitrogen and oxygen atoms in total. The maximum Gasteiger partial charge on any atom is 0.260 e. The van der Waals surface area contributed by atoms with Crippen molar-refractivity contribution in [3.8, 4) is 11.5 Å². The molecule has 4 rings (SSSR count). The van der Waals surface area contributed by atoms with Crippen LogP contribution in [0.4, 0.5) is 0 Å². The van der Waals surface area contributed by atoms with E-state index in [1.165, 1.54) is 0 Å². The van der Waals surface area contributed by atoms with Crippen molar-refractivity contribution in [3.63, 3.8) is 0 Å². The minimum absolute atomic E-state index is 0.427. The third kappa shape index (κ3) is 1.65. The standard InChI is InChI=1S/C14H15N5O/c15-14(6-1-2-7-14)13-17-12(20-19-13)10-5-3-4-9-8-16-18-11(9)10/h3-5,8H,1-2,6-7,15H2,(H,16,18). The SMILES string of the molecule is NC1(c2noc(-c3cccc4cn[nH]c34)n2)CCCC1. The van der Waals surface area contributed by atoms with Gasteiger partial charge in [0.2, 0.25) is 0 Å². The maximum atomic E-state index is 6.36. The number of nitrogens with two attached hydrogens (primary N) is 1. The zero-order chi connectivity index (χ0) is 13.6. The summed E-state index contributed by atoms with van der Waals surface area (Å²) < 4.78 is 5.42. The monoisotopic (exact) mass is 269 g/mol. The Morgan fingerprint density at radius 1 is 1.25 bits per heavy atom. The number of H-pyrrole nitrogens is 1. The van der Waals surface area contributed by atoms with E-state index in [1.807, 2.05) is 18.2 Å². The second-order valence-electron chi connectivity index (χ2n) is 5.43. The van der Waals surface area contributed by atoms with E-state index in [9.17, 15) is 0 Å². The van der Waals surface area contributed by atoms with Crippen LogP contribution in [0.5, 0.6) is 0 Å². The average Bonchev–Trinajstić information content (AvgIpc) is 3.18. The molecule has 1 aliphatic carbocycles. The Morgan fingerprint density at radius 3 is 2.95 bits per heavy atom. The molecule has 1 aromatic carbocycles. The number of rotatable bonds is 2. The highest BCUT2D eigenvalue weighted by molar-refractivity contribution is 5.90. The third-order valence-corrected chi connectivity index (χ3v) is 4.07. The molecule has 20 heavy (non-hydrogen) atoms. The fraction of sp³-hybridized carbons (Fsp3) is 0.357. The number of aromatic nitrogens is 4. The van der Waals surface area contributed by atoms with Crippen LogP contribution in [0.15, 0.2) is 28.9 Å². The first-order valence-corrected chi connectivity index (χ1v) is 6.82. The summed E-state index contributed by atoms with van der Waals surface area (Å²) in [4.78, 5) is 4.51. The molecule has 2 aromatic heterocycles. The number of nitrogens with one attached hydrogen (secondary N) is 1. The number of benzene rings is 1. The average molecular weight is 269 g/mol. The normalized spacial score (nSPS) is 17.9. The van der Waals surface area contributed by atoms with Gasteiger partial charge in [-0.1, -0.05) is 30.1 Å². The van der Waals surface area contributed by atoms with E-state index in [0.717, 1.165) is 42.1 Å². The minimum atomic E-state index is -0.427. The van der Waals surface area contributed by atoms with Crippen LogP contribution in [0.3, 0.4) is 0 Å². The summed E-state index contributed by atoms with van der Waals surface area (Å²) in [5, 5.41) is 12.1. The van der Waals surface area contributed by atoms with E-state index in [2.05, 4.69) is 20.3 Å². The van der Waals surface area contributed by atoms with Crippen LogP contribution >= 0.6 is 0 Å².